The molecule has 3 aromatic rings. The van der Waals surface area contributed by atoms with Gasteiger partial charge in [-0.05, 0) is 54.0 Å². The Bertz CT molecular complexity index is 793. The minimum atomic E-state index is 0.843. The molecule has 0 N–H and O–H groups in total. The van der Waals surface area contributed by atoms with Gasteiger partial charge in [-0.25, -0.2) is 4.98 Å². The predicted molar refractivity (Wildman–Crippen MR) is 84.4 cm³/mol. The molecule has 102 valence electrons. The largest absolute Gasteiger partial charge is 0.496 e. The van der Waals surface area contributed by atoms with Crippen LogP contribution >= 0.6 is 15.9 Å². The second kappa shape index (κ2) is 4.94. The summed E-state index contributed by atoms with van der Waals surface area (Å²) in [6.45, 7) is 4.14. The number of benzene rings is 1. The number of imidazole rings is 1. The maximum Gasteiger partial charge on any atom is 0.137 e. The van der Waals surface area contributed by atoms with Crippen molar-refractivity contribution in [2.45, 2.75) is 13.8 Å². The van der Waals surface area contributed by atoms with Gasteiger partial charge in [0.05, 0.1) is 12.8 Å². The number of nitrogens with zero attached hydrogens (tertiary/aromatic N) is 2. The molecule has 3 rings (SSSR count). The van der Waals surface area contributed by atoms with Crippen LogP contribution < -0.4 is 4.74 Å². The van der Waals surface area contributed by atoms with Crippen LogP contribution in [0.15, 0.2) is 41.0 Å². The third-order valence-corrected chi connectivity index (χ3v) is 4.29. The summed E-state index contributed by atoms with van der Waals surface area (Å²) < 4.78 is 8.60. The van der Waals surface area contributed by atoms with Crippen molar-refractivity contribution >= 4 is 21.6 Å². The standard InChI is InChI=1S/C16H15BrN2O/c1-10-4-6-15(20-3)12(8-10)14-9-19-11(2)13(17)5-7-16(19)18-14/h4-9H,1-3H3. The smallest absolute Gasteiger partial charge is 0.137 e. The van der Waals surface area contributed by atoms with Crippen LogP contribution in [0.25, 0.3) is 16.9 Å². The number of aromatic nitrogens is 2. The lowest BCUT2D eigenvalue weighted by Crippen LogP contribution is -1.90. The third-order valence-electron chi connectivity index (χ3n) is 3.45. The van der Waals surface area contributed by atoms with Crippen molar-refractivity contribution in [3.05, 3.63) is 52.3 Å². The van der Waals surface area contributed by atoms with E-state index in [1.54, 1.807) is 7.11 Å². The second-order valence-corrected chi connectivity index (χ2v) is 5.68. The molecule has 0 fully saturated rings. The molecule has 0 aliphatic carbocycles. The van der Waals surface area contributed by atoms with Crippen LogP contribution in [0.2, 0.25) is 0 Å². The first-order valence-corrected chi connectivity index (χ1v) is 7.18. The topological polar surface area (TPSA) is 26.5 Å². The van der Waals surface area contributed by atoms with Crippen LogP contribution in [-0.4, -0.2) is 16.5 Å². The molecule has 3 nitrogen and oxygen atoms in total. The van der Waals surface area contributed by atoms with E-state index in [1.807, 2.05) is 30.5 Å². The third kappa shape index (κ3) is 2.10. The van der Waals surface area contributed by atoms with Crippen molar-refractivity contribution in [1.29, 1.82) is 0 Å². The SMILES string of the molecule is COc1ccc(C)cc1-c1cn2c(C)c(Br)ccc2n1. The molecule has 0 unspecified atom stereocenters. The normalized spacial score (nSPS) is 11.0. The number of aryl methyl sites for hydroxylation is 2. The van der Waals surface area contributed by atoms with E-state index in [1.165, 1.54) is 5.56 Å². The van der Waals surface area contributed by atoms with E-state index < -0.39 is 0 Å². The summed E-state index contributed by atoms with van der Waals surface area (Å²) in [6, 6.07) is 10.2. The zero-order valence-corrected chi connectivity index (χ0v) is 13.2. The van der Waals surface area contributed by atoms with Crippen molar-refractivity contribution in [1.82, 2.24) is 9.38 Å². The Labute approximate surface area is 126 Å². The Morgan fingerprint density at radius 1 is 1.15 bits per heavy atom. The Hall–Kier alpha value is -1.81. The minimum absolute atomic E-state index is 0.843. The molecule has 0 saturated carbocycles. The molecule has 0 spiro atoms. The fourth-order valence-corrected chi connectivity index (χ4v) is 2.64. The van der Waals surface area contributed by atoms with E-state index in [0.717, 1.165) is 32.8 Å². The predicted octanol–water partition coefficient (Wildman–Crippen LogP) is 4.39. The summed E-state index contributed by atoms with van der Waals surface area (Å²) in [4.78, 5) is 4.70. The van der Waals surface area contributed by atoms with Crippen LogP contribution in [0.5, 0.6) is 5.75 Å². The zero-order valence-electron chi connectivity index (χ0n) is 11.6. The van der Waals surface area contributed by atoms with Gasteiger partial charge < -0.3 is 9.14 Å². The summed E-state index contributed by atoms with van der Waals surface area (Å²) >= 11 is 3.55. The van der Waals surface area contributed by atoms with Gasteiger partial charge in [0, 0.05) is 21.9 Å². The van der Waals surface area contributed by atoms with Gasteiger partial charge in [0.2, 0.25) is 0 Å². The van der Waals surface area contributed by atoms with Gasteiger partial charge in [-0.1, -0.05) is 11.6 Å². The summed E-state index contributed by atoms with van der Waals surface area (Å²) in [5.41, 5.74) is 5.20. The first kappa shape index (κ1) is 13.2. The van der Waals surface area contributed by atoms with Crippen molar-refractivity contribution in [2.75, 3.05) is 7.11 Å². The van der Waals surface area contributed by atoms with Crippen LogP contribution in [0, 0.1) is 13.8 Å². The van der Waals surface area contributed by atoms with Crippen LogP contribution in [0.4, 0.5) is 0 Å². The number of hydrogen-bond acceptors (Lipinski definition) is 2. The van der Waals surface area contributed by atoms with Crippen molar-refractivity contribution in [3.63, 3.8) is 0 Å². The molecule has 0 saturated heterocycles. The highest BCUT2D eigenvalue weighted by Crippen LogP contribution is 2.31. The van der Waals surface area contributed by atoms with Gasteiger partial charge in [0.25, 0.3) is 0 Å². The van der Waals surface area contributed by atoms with Gasteiger partial charge in [-0.15, -0.1) is 0 Å². The Kier molecular flexibility index (Phi) is 3.26. The summed E-state index contributed by atoms with van der Waals surface area (Å²) in [5, 5.41) is 0. The molecular weight excluding hydrogens is 316 g/mol. The number of hydrogen-bond donors (Lipinski definition) is 0. The molecule has 2 heterocycles. The summed E-state index contributed by atoms with van der Waals surface area (Å²) in [7, 11) is 1.69. The lowest BCUT2D eigenvalue weighted by atomic mass is 10.1. The molecule has 2 aromatic heterocycles. The maximum atomic E-state index is 5.45. The van der Waals surface area contributed by atoms with E-state index in [4.69, 9.17) is 9.72 Å². The molecule has 0 bridgehead atoms. The van der Waals surface area contributed by atoms with Crippen LogP contribution in [0.3, 0.4) is 0 Å². The fraction of sp³-hybridized carbons (Fsp3) is 0.188. The highest BCUT2D eigenvalue weighted by atomic mass is 79.9. The molecule has 0 aliphatic rings. The van der Waals surface area contributed by atoms with Crippen molar-refractivity contribution in [3.8, 4) is 17.0 Å². The quantitative estimate of drug-likeness (QED) is 0.696. The molecule has 0 amide bonds. The number of ether oxygens (including phenoxy) is 1. The Morgan fingerprint density at radius 2 is 1.95 bits per heavy atom. The molecule has 4 heteroatoms. The number of methoxy groups -OCH3 is 1. The van der Waals surface area contributed by atoms with Gasteiger partial charge in [-0.3, -0.25) is 0 Å². The van der Waals surface area contributed by atoms with Gasteiger partial charge in [-0.2, -0.15) is 0 Å². The van der Waals surface area contributed by atoms with Gasteiger partial charge >= 0.3 is 0 Å². The van der Waals surface area contributed by atoms with Crippen molar-refractivity contribution < 1.29 is 4.74 Å². The van der Waals surface area contributed by atoms with Gasteiger partial charge in [0.1, 0.15) is 11.4 Å². The second-order valence-electron chi connectivity index (χ2n) is 4.82. The zero-order chi connectivity index (χ0) is 14.3. The molecule has 20 heavy (non-hydrogen) atoms. The first-order valence-electron chi connectivity index (χ1n) is 6.39. The van der Waals surface area contributed by atoms with Crippen LogP contribution in [0.1, 0.15) is 11.3 Å². The molecule has 0 radical (unpaired) electrons. The van der Waals surface area contributed by atoms with Crippen LogP contribution in [-0.2, 0) is 0 Å². The average molecular weight is 331 g/mol. The highest BCUT2D eigenvalue weighted by Gasteiger charge is 2.11. The van der Waals surface area contributed by atoms with Gasteiger partial charge in [0.15, 0.2) is 0 Å². The lowest BCUT2D eigenvalue weighted by molar-refractivity contribution is 0.416. The number of pyridine rings is 1. The maximum absolute atomic E-state index is 5.45. The Morgan fingerprint density at radius 3 is 2.70 bits per heavy atom. The monoisotopic (exact) mass is 330 g/mol. The molecule has 1 aromatic carbocycles. The highest BCUT2D eigenvalue weighted by molar-refractivity contribution is 9.10. The summed E-state index contributed by atoms with van der Waals surface area (Å²) in [6.07, 6.45) is 2.05. The van der Waals surface area contributed by atoms with E-state index in [2.05, 4.69) is 40.2 Å². The molecular formula is C16H15BrN2O. The fourth-order valence-electron chi connectivity index (χ4n) is 2.32. The van der Waals surface area contributed by atoms with E-state index >= 15 is 0 Å². The average Bonchev–Trinajstić information content (AvgIpc) is 2.88. The molecule has 0 atom stereocenters. The van der Waals surface area contributed by atoms with Crippen molar-refractivity contribution in [2.24, 2.45) is 0 Å². The number of halogens is 1. The molecule has 0 aliphatic heterocycles. The first-order chi connectivity index (χ1) is 9.60. The number of fused-ring (bicyclic) bond motifs is 1. The van der Waals surface area contributed by atoms with E-state index in [9.17, 15) is 0 Å². The lowest BCUT2D eigenvalue weighted by Gasteiger charge is -2.06. The summed E-state index contributed by atoms with van der Waals surface area (Å²) in [5.74, 6) is 0.843. The number of rotatable bonds is 2. The minimum Gasteiger partial charge on any atom is -0.496 e. The van der Waals surface area contributed by atoms with E-state index in [0.29, 0.717) is 0 Å². The Balaban J connectivity index is 2.25. The van der Waals surface area contributed by atoms with E-state index in [-0.39, 0.29) is 0 Å².